The highest BCUT2D eigenvalue weighted by molar-refractivity contribution is 6.03. The second-order valence-corrected chi connectivity index (χ2v) is 5.88. The predicted octanol–water partition coefficient (Wildman–Crippen LogP) is 3.96. The first-order valence-corrected chi connectivity index (χ1v) is 8.12. The molecule has 0 aliphatic heterocycles. The number of nitrogens with one attached hydrogen (secondary N) is 2. The molecule has 2 aromatic carbocycles. The summed E-state index contributed by atoms with van der Waals surface area (Å²) in [5, 5.41) is 6.01. The lowest BCUT2D eigenvalue weighted by Gasteiger charge is -2.09. The molecule has 1 aromatic heterocycles. The molecule has 0 bridgehead atoms. The quantitative estimate of drug-likeness (QED) is 0.742. The highest BCUT2D eigenvalue weighted by atomic mass is 16.1. The molecule has 0 aliphatic rings. The van der Waals surface area contributed by atoms with Crippen LogP contribution < -0.4 is 10.6 Å². The van der Waals surface area contributed by atoms with Gasteiger partial charge in [0.15, 0.2) is 0 Å². The molecular formula is C20H20N4O. The molecule has 0 aliphatic carbocycles. The summed E-state index contributed by atoms with van der Waals surface area (Å²) >= 11 is 0. The first-order chi connectivity index (χ1) is 12.1. The zero-order valence-electron chi connectivity index (χ0n) is 14.3. The summed E-state index contributed by atoms with van der Waals surface area (Å²) in [5.74, 6) is 0.189. The highest BCUT2D eigenvalue weighted by Gasteiger charge is 2.11. The van der Waals surface area contributed by atoms with E-state index in [2.05, 4.69) is 51.8 Å². The molecular weight excluding hydrogens is 312 g/mol. The van der Waals surface area contributed by atoms with Gasteiger partial charge in [-0.1, -0.05) is 48.0 Å². The Morgan fingerprint density at radius 1 is 0.960 bits per heavy atom. The summed E-state index contributed by atoms with van der Waals surface area (Å²) in [5.41, 5.74) is 4.15. The minimum absolute atomic E-state index is 0.255. The molecule has 0 spiro atoms. The molecule has 3 aromatic rings. The monoisotopic (exact) mass is 332 g/mol. The fourth-order valence-electron chi connectivity index (χ4n) is 2.37. The van der Waals surface area contributed by atoms with Crippen molar-refractivity contribution in [3.05, 3.63) is 83.2 Å². The third-order valence-corrected chi connectivity index (χ3v) is 3.69. The van der Waals surface area contributed by atoms with Crippen molar-refractivity contribution in [3.8, 4) is 0 Å². The Morgan fingerprint density at radius 2 is 1.68 bits per heavy atom. The fraction of sp³-hybridized carbons (Fsp3) is 0.150. The molecule has 0 unspecified atom stereocenters. The van der Waals surface area contributed by atoms with Crippen molar-refractivity contribution >= 4 is 17.5 Å². The Labute approximate surface area is 147 Å². The number of hydrogen-bond acceptors (Lipinski definition) is 4. The molecule has 5 heteroatoms. The summed E-state index contributed by atoms with van der Waals surface area (Å²) in [7, 11) is 0. The second-order valence-electron chi connectivity index (χ2n) is 5.88. The SMILES string of the molecule is Cc1ccc(CNc2nc(C)cc(C(=O)Nc3ccccc3)n2)cc1. The van der Waals surface area contributed by atoms with Gasteiger partial charge in [0.05, 0.1) is 0 Å². The predicted molar refractivity (Wildman–Crippen MR) is 99.7 cm³/mol. The van der Waals surface area contributed by atoms with Crippen molar-refractivity contribution in [3.63, 3.8) is 0 Å². The maximum atomic E-state index is 12.4. The maximum absolute atomic E-state index is 12.4. The Morgan fingerprint density at radius 3 is 2.40 bits per heavy atom. The van der Waals surface area contributed by atoms with Crippen LogP contribution in [-0.4, -0.2) is 15.9 Å². The molecule has 0 atom stereocenters. The van der Waals surface area contributed by atoms with E-state index in [1.54, 1.807) is 6.07 Å². The molecule has 1 heterocycles. The average molecular weight is 332 g/mol. The number of carbonyl (C=O) groups excluding carboxylic acids is 1. The van der Waals surface area contributed by atoms with E-state index in [9.17, 15) is 4.79 Å². The van der Waals surface area contributed by atoms with Crippen LogP contribution in [0.5, 0.6) is 0 Å². The van der Waals surface area contributed by atoms with Gasteiger partial charge in [0.25, 0.3) is 5.91 Å². The third-order valence-electron chi connectivity index (χ3n) is 3.69. The smallest absolute Gasteiger partial charge is 0.274 e. The van der Waals surface area contributed by atoms with Gasteiger partial charge in [-0.2, -0.15) is 0 Å². The number of aryl methyl sites for hydroxylation is 2. The van der Waals surface area contributed by atoms with Crippen LogP contribution in [0.15, 0.2) is 60.7 Å². The number of benzene rings is 2. The topological polar surface area (TPSA) is 66.9 Å². The number of amides is 1. The van der Waals surface area contributed by atoms with E-state index >= 15 is 0 Å². The highest BCUT2D eigenvalue weighted by Crippen LogP contribution is 2.11. The molecule has 1 amide bonds. The number of hydrogen-bond donors (Lipinski definition) is 2. The van der Waals surface area contributed by atoms with E-state index in [-0.39, 0.29) is 5.91 Å². The second kappa shape index (κ2) is 7.57. The molecule has 5 nitrogen and oxygen atoms in total. The van der Waals surface area contributed by atoms with Crippen molar-refractivity contribution < 1.29 is 4.79 Å². The van der Waals surface area contributed by atoms with E-state index in [4.69, 9.17) is 0 Å². The lowest BCUT2D eigenvalue weighted by atomic mass is 10.1. The number of carbonyl (C=O) groups is 1. The number of nitrogens with zero attached hydrogens (tertiary/aromatic N) is 2. The van der Waals surface area contributed by atoms with Gasteiger partial charge in [0.1, 0.15) is 5.69 Å². The summed E-state index contributed by atoms with van der Waals surface area (Å²) in [6.07, 6.45) is 0. The van der Waals surface area contributed by atoms with Crippen molar-refractivity contribution in [1.29, 1.82) is 0 Å². The van der Waals surface area contributed by atoms with E-state index in [0.29, 0.717) is 18.2 Å². The number of rotatable bonds is 5. The zero-order chi connectivity index (χ0) is 17.6. The Bertz CT molecular complexity index is 861. The van der Waals surface area contributed by atoms with E-state index < -0.39 is 0 Å². The van der Waals surface area contributed by atoms with E-state index in [1.165, 1.54) is 5.56 Å². The van der Waals surface area contributed by atoms with Gasteiger partial charge in [0.2, 0.25) is 5.95 Å². The van der Waals surface area contributed by atoms with Gasteiger partial charge < -0.3 is 10.6 Å². The zero-order valence-corrected chi connectivity index (χ0v) is 14.3. The van der Waals surface area contributed by atoms with Gasteiger partial charge in [-0.25, -0.2) is 9.97 Å². The van der Waals surface area contributed by atoms with Gasteiger partial charge in [-0.3, -0.25) is 4.79 Å². The number of aromatic nitrogens is 2. The van der Waals surface area contributed by atoms with Crippen LogP contribution in [0.1, 0.15) is 27.3 Å². The van der Waals surface area contributed by atoms with Crippen LogP contribution in [0.3, 0.4) is 0 Å². The summed E-state index contributed by atoms with van der Waals surface area (Å²) in [6.45, 7) is 4.50. The maximum Gasteiger partial charge on any atom is 0.274 e. The molecule has 2 N–H and O–H groups in total. The van der Waals surface area contributed by atoms with Crippen LogP contribution >= 0.6 is 0 Å². The van der Waals surface area contributed by atoms with Crippen molar-refractivity contribution in [2.24, 2.45) is 0 Å². The van der Waals surface area contributed by atoms with E-state index in [1.807, 2.05) is 37.3 Å². The van der Waals surface area contributed by atoms with E-state index in [0.717, 1.165) is 16.9 Å². The van der Waals surface area contributed by atoms with Crippen molar-refractivity contribution in [2.75, 3.05) is 10.6 Å². The minimum atomic E-state index is -0.255. The summed E-state index contributed by atoms with van der Waals surface area (Å²) < 4.78 is 0. The normalized spacial score (nSPS) is 10.3. The van der Waals surface area contributed by atoms with Crippen molar-refractivity contribution in [2.45, 2.75) is 20.4 Å². The van der Waals surface area contributed by atoms with Crippen LogP contribution in [-0.2, 0) is 6.54 Å². The third kappa shape index (κ3) is 4.64. The minimum Gasteiger partial charge on any atom is -0.350 e. The molecule has 0 saturated carbocycles. The lowest BCUT2D eigenvalue weighted by molar-refractivity contribution is 0.102. The molecule has 126 valence electrons. The fourth-order valence-corrected chi connectivity index (χ4v) is 2.37. The standard InChI is InChI=1S/C20H20N4O/c1-14-8-10-16(11-9-14)13-21-20-22-15(2)12-18(24-20)19(25)23-17-6-4-3-5-7-17/h3-12H,13H2,1-2H3,(H,23,25)(H,21,22,24). The van der Waals surface area contributed by atoms with Gasteiger partial charge in [-0.15, -0.1) is 0 Å². The number of para-hydroxylation sites is 1. The van der Waals surface area contributed by atoms with Crippen molar-refractivity contribution in [1.82, 2.24) is 9.97 Å². The van der Waals surface area contributed by atoms with Gasteiger partial charge >= 0.3 is 0 Å². The number of anilines is 2. The Hall–Kier alpha value is -3.21. The molecule has 3 rings (SSSR count). The first kappa shape index (κ1) is 16.6. The average Bonchev–Trinajstić information content (AvgIpc) is 2.61. The lowest BCUT2D eigenvalue weighted by Crippen LogP contribution is -2.16. The molecule has 0 radical (unpaired) electrons. The van der Waals surface area contributed by atoms with Crippen LogP contribution in [0.4, 0.5) is 11.6 Å². The molecule has 0 saturated heterocycles. The Kier molecular flexibility index (Phi) is 5.04. The van der Waals surface area contributed by atoms with Gasteiger partial charge in [0, 0.05) is 17.9 Å². The van der Waals surface area contributed by atoms with Crippen LogP contribution in [0.2, 0.25) is 0 Å². The van der Waals surface area contributed by atoms with Crippen LogP contribution in [0.25, 0.3) is 0 Å². The molecule has 0 fully saturated rings. The Balaban J connectivity index is 1.71. The first-order valence-electron chi connectivity index (χ1n) is 8.12. The largest absolute Gasteiger partial charge is 0.350 e. The van der Waals surface area contributed by atoms with Gasteiger partial charge in [-0.05, 0) is 37.6 Å². The summed E-state index contributed by atoms with van der Waals surface area (Å²) in [4.78, 5) is 21.1. The van der Waals surface area contributed by atoms with Crippen LogP contribution in [0, 0.1) is 13.8 Å². The summed E-state index contributed by atoms with van der Waals surface area (Å²) in [6, 6.07) is 19.2. The molecule has 25 heavy (non-hydrogen) atoms.